The molecule has 2 aliphatic heterocycles. The van der Waals surface area contributed by atoms with Gasteiger partial charge in [0, 0.05) is 38.8 Å². The second-order valence-corrected chi connectivity index (χ2v) is 7.05. The van der Waals surface area contributed by atoms with E-state index in [9.17, 15) is 8.42 Å². The van der Waals surface area contributed by atoms with Crippen molar-refractivity contribution >= 4 is 10.2 Å². The van der Waals surface area contributed by atoms with Crippen molar-refractivity contribution in [2.45, 2.75) is 43.8 Å². The lowest BCUT2D eigenvalue weighted by Gasteiger charge is -2.30. The fraction of sp³-hybridized carbons (Fsp3) is 1.00. The predicted octanol–water partition coefficient (Wildman–Crippen LogP) is -0.318. The van der Waals surface area contributed by atoms with Crippen LogP contribution in [0.1, 0.15) is 25.7 Å². The highest BCUT2D eigenvalue weighted by atomic mass is 32.2. The lowest BCUT2D eigenvalue weighted by Crippen LogP contribution is -2.51. The van der Waals surface area contributed by atoms with E-state index in [-0.39, 0.29) is 6.04 Å². The van der Waals surface area contributed by atoms with Gasteiger partial charge < -0.3 is 10.1 Å². The highest BCUT2D eigenvalue weighted by Gasteiger charge is 2.35. The van der Waals surface area contributed by atoms with E-state index in [2.05, 4.69) is 10.0 Å². The molecule has 2 bridgehead atoms. The van der Waals surface area contributed by atoms with E-state index in [4.69, 9.17) is 4.74 Å². The van der Waals surface area contributed by atoms with E-state index in [1.165, 1.54) is 17.1 Å². The van der Waals surface area contributed by atoms with Crippen LogP contribution in [0, 0.1) is 0 Å². The van der Waals surface area contributed by atoms with Crippen molar-refractivity contribution in [1.29, 1.82) is 0 Å². The molecule has 0 aromatic rings. The summed E-state index contributed by atoms with van der Waals surface area (Å²) in [5.74, 6) is 0. The second-order valence-electron chi connectivity index (χ2n) is 5.24. The van der Waals surface area contributed by atoms with Crippen LogP contribution in [0.5, 0.6) is 0 Å². The Morgan fingerprint density at radius 2 is 1.94 bits per heavy atom. The van der Waals surface area contributed by atoms with E-state index in [1.54, 1.807) is 14.2 Å². The highest BCUT2D eigenvalue weighted by molar-refractivity contribution is 7.87. The fourth-order valence-corrected chi connectivity index (χ4v) is 3.90. The molecule has 7 heteroatoms. The molecule has 2 atom stereocenters. The first-order valence-electron chi connectivity index (χ1n) is 6.50. The van der Waals surface area contributed by atoms with Gasteiger partial charge in [-0.3, -0.25) is 0 Å². The molecular weight excluding hydrogens is 254 g/mol. The molecule has 0 aromatic heterocycles. The smallest absolute Gasteiger partial charge is 0.279 e. The highest BCUT2D eigenvalue weighted by Crippen LogP contribution is 2.27. The first-order valence-corrected chi connectivity index (χ1v) is 7.94. The number of likely N-dealkylation sites (N-methyl/N-ethyl adjacent to an activating group) is 1. The molecule has 0 saturated carbocycles. The summed E-state index contributed by atoms with van der Waals surface area (Å²) in [5.41, 5.74) is 0. The molecule has 2 N–H and O–H groups in total. The zero-order valence-electron chi connectivity index (χ0n) is 11.1. The molecule has 2 unspecified atom stereocenters. The molecule has 0 amide bonds. The SMILES string of the molecule is COCCN(C)S(=O)(=O)NC1CC2CCC(C1)N2. The third kappa shape index (κ3) is 3.42. The van der Waals surface area contributed by atoms with Crippen LogP contribution >= 0.6 is 0 Å². The van der Waals surface area contributed by atoms with Gasteiger partial charge in [-0.05, 0) is 25.7 Å². The van der Waals surface area contributed by atoms with Gasteiger partial charge in [-0.25, -0.2) is 0 Å². The van der Waals surface area contributed by atoms with E-state index >= 15 is 0 Å². The van der Waals surface area contributed by atoms with Gasteiger partial charge >= 0.3 is 0 Å². The third-order valence-corrected chi connectivity index (χ3v) is 5.44. The molecule has 0 aromatic carbocycles. The van der Waals surface area contributed by atoms with Crippen LogP contribution in [0.2, 0.25) is 0 Å². The Hall–Kier alpha value is -0.210. The number of methoxy groups -OCH3 is 1. The number of hydrogen-bond acceptors (Lipinski definition) is 4. The average Bonchev–Trinajstić information content (AvgIpc) is 2.65. The molecule has 0 spiro atoms. The van der Waals surface area contributed by atoms with Gasteiger partial charge in [-0.1, -0.05) is 0 Å². The van der Waals surface area contributed by atoms with Crippen LogP contribution in [0.15, 0.2) is 0 Å². The number of nitrogens with zero attached hydrogens (tertiary/aromatic N) is 1. The van der Waals surface area contributed by atoms with E-state index in [1.807, 2.05) is 0 Å². The Labute approximate surface area is 109 Å². The van der Waals surface area contributed by atoms with Crippen LogP contribution in [0.25, 0.3) is 0 Å². The summed E-state index contributed by atoms with van der Waals surface area (Å²) in [6.45, 7) is 0.790. The van der Waals surface area contributed by atoms with Crippen molar-refractivity contribution in [1.82, 2.24) is 14.3 Å². The number of piperidine rings is 1. The minimum absolute atomic E-state index is 0.0683. The summed E-state index contributed by atoms with van der Waals surface area (Å²) in [7, 11) is -0.227. The summed E-state index contributed by atoms with van der Waals surface area (Å²) in [4.78, 5) is 0. The number of nitrogens with one attached hydrogen (secondary N) is 2. The summed E-state index contributed by atoms with van der Waals surface area (Å²) in [6, 6.07) is 1.04. The standard InChI is InChI=1S/C11H23N3O3S/c1-14(5-6-17-2)18(15,16)13-11-7-9-3-4-10(8-11)12-9/h9-13H,3-8H2,1-2H3. The zero-order valence-corrected chi connectivity index (χ0v) is 11.9. The molecule has 2 heterocycles. The Bertz CT molecular complexity index is 362. The minimum Gasteiger partial charge on any atom is -0.383 e. The van der Waals surface area contributed by atoms with E-state index in [0.717, 1.165) is 12.8 Å². The first kappa shape index (κ1) is 14.2. The first-order chi connectivity index (χ1) is 8.51. The maximum Gasteiger partial charge on any atom is 0.279 e. The zero-order chi connectivity index (χ0) is 13.2. The van der Waals surface area contributed by atoms with Crippen molar-refractivity contribution < 1.29 is 13.2 Å². The van der Waals surface area contributed by atoms with Gasteiger partial charge in [-0.15, -0.1) is 0 Å². The summed E-state index contributed by atoms with van der Waals surface area (Å²) in [6.07, 6.45) is 4.13. The van der Waals surface area contributed by atoms with E-state index in [0.29, 0.717) is 25.2 Å². The van der Waals surface area contributed by atoms with Gasteiger partial charge in [0.05, 0.1) is 6.61 Å². The predicted molar refractivity (Wildman–Crippen MR) is 69.5 cm³/mol. The Kier molecular flexibility index (Phi) is 4.60. The van der Waals surface area contributed by atoms with Crippen molar-refractivity contribution in [3.63, 3.8) is 0 Å². The molecule has 18 heavy (non-hydrogen) atoms. The molecule has 0 aliphatic carbocycles. The molecule has 2 saturated heterocycles. The maximum atomic E-state index is 12.1. The molecule has 6 nitrogen and oxygen atoms in total. The Morgan fingerprint density at radius 1 is 1.33 bits per heavy atom. The minimum atomic E-state index is -3.38. The normalized spacial score (nSPS) is 32.1. The van der Waals surface area contributed by atoms with Gasteiger partial charge in [0.15, 0.2) is 0 Å². The number of fused-ring (bicyclic) bond motifs is 2. The van der Waals surface area contributed by atoms with Crippen LogP contribution in [0.3, 0.4) is 0 Å². The largest absolute Gasteiger partial charge is 0.383 e. The van der Waals surface area contributed by atoms with Crippen molar-refractivity contribution in [2.75, 3.05) is 27.3 Å². The number of rotatable bonds is 6. The second kappa shape index (κ2) is 5.83. The van der Waals surface area contributed by atoms with Gasteiger partial charge in [0.25, 0.3) is 10.2 Å². The lowest BCUT2D eigenvalue weighted by atomic mass is 10.0. The van der Waals surface area contributed by atoms with Gasteiger partial charge in [-0.2, -0.15) is 17.4 Å². The molecule has 2 rings (SSSR count). The third-order valence-electron chi connectivity index (χ3n) is 3.81. The van der Waals surface area contributed by atoms with Gasteiger partial charge in [0.2, 0.25) is 0 Å². The Morgan fingerprint density at radius 3 is 2.50 bits per heavy atom. The maximum absolute atomic E-state index is 12.1. The monoisotopic (exact) mass is 277 g/mol. The molecular formula is C11H23N3O3S. The van der Waals surface area contributed by atoms with Crippen molar-refractivity contribution in [2.24, 2.45) is 0 Å². The molecule has 2 fully saturated rings. The summed E-state index contributed by atoms with van der Waals surface area (Å²) in [5, 5.41) is 3.50. The fourth-order valence-electron chi connectivity index (χ4n) is 2.79. The van der Waals surface area contributed by atoms with Crippen LogP contribution in [-0.2, 0) is 14.9 Å². The molecule has 0 radical (unpaired) electrons. The van der Waals surface area contributed by atoms with Crippen LogP contribution in [-0.4, -0.2) is 58.2 Å². The van der Waals surface area contributed by atoms with Crippen molar-refractivity contribution in [3.8, 4) is 0 Å². The van der Waals surface area contributed by atoms with Crippen LogP contribution in [0.4, 0.5) is 0 Å². The topological polar surface area (TPSA) is 70.7 Å². The average molecular weight is 277 g/mol. The Balaban J connectivity index is 1.87. The molecule has 106 valence electrons. The number of ether oxygens (including phenoxy) is 1. The van der Waals surface area contributed by atoms with Crippen molar-refractivity contribution in [3.05, 3.63) is 0 Å². The summed E-state index contributed by atoms with van der Waals surface area (Å²) >= 11 is 0. The molecule has 2 aliphatic rings. The number of hydrogen-bond donors (Lipinski definition) is 2. The van der Waals surface area contributed by atoms with E-state index < -0.39 is 10.2 Å². The summed E-state index contributed by atoms with van der Waals surface area (Å²) < 4.78 is 33.2. The van der Waals surface area contributed by atoms with Gasteiger partial charge in [0.1, 0.15) is 0 Å². The quantitative estimate of drug-likeness (QED) is 0.698. The lowest BCUT2D eigenvalue weighted by molar-refractivity contribution is 0.184. The van der Waals surface area contributed by atoms with Crippen LogP contribution < -0.4 is 10.0 Å².